The molecule has 0 aromatic heterocycles. The zero-order valence-electron chi connectivity index (χ0n) is 6.38. The summed E-state index contributed by atoms with van der Waals surface area (Å²) in [6, 6.07) is 8.52. The molecule has 0 saturated carbocycles. The van der Waals surface area contributed by atoms with Crippen LogP contribution in [0.3, 0.4) is 0 Å². The molecule has 1 aliphatic heterocycles. The third-order valence-corrected chi connectivity index (χ3v) is 2.13. The van der Waals surface area contributed by atoms with E-state index in [0.717, 1.165) is 13.1 Å². The molecule has 0 amide bonds. The predicted molar refractivity (Wildman–Crippen MR) is 45.1 cm³/mol. The lowest BCUT2D eigenvalue weighted by Gasteiger charge is -2.22. The van der Waals surface area contributed by atoms with Crippen molar-refractivity contribution in [3.8, 4) is 0 Å². The zero-order chi connectivity index (χ0) is 7.68. The summed E-state index contributed by atoms with van der Waals surface area (Å²) in [7, 11) is 0. The molecule has 0 aliphatic carbocycles. The van der Waals surface area contributed by atoms with Gasteiger partial charge in [-0.25, -0.2) is 0 Å². The minimum atomic E-state index is 0.181. The maximum absolute atomic E-state index is 5.88. The minimum absolute atomic E-state index is 0.181. The maximum Gasteiger partial charge on any atom is 0.0425 e. The van der Waals surface area contributed by atoms with Gasteiger partial charge in [-0.1, -0.05) is 24.3 Å². The summed E-state index contributed by atoms with van der Waals surface area (Å²) in [5.74, 6) is 0. The van der Waals surface area contributed by atoms with Crippen LogP contribution in [0.4, 0.5) is 0 Å². The van der Waals surface area contributed by atoms with Crippen LogP contribution in [0.5, 0.6) is 0 Å². The van der Waals surface area contributed by atoms with E-state index >= 15 is 0 Å². The normalized spacial score (nSPS) is 22.8. The average molecular weight is 148 g/mol. The first-order valence-corrected chi connectivity index (χ1v) is 3.92. The van der Waals surface area contributed by atoms with E-state index in [4.69, 9.17) is 5.73 Å². The molecule has 2 rings (SSSR count). The van der Waals surface area contributed by atoms with Crippen molar-refractivity contribution in [1.29, 1.82) is 0 Å². The predicted octanol–water partition coefficient (Wildman–Crippen LogP) is 0.790. The Balaban J connectivity index is 2.44. The van der Waals surface area contributed by atoms with Crippen LogP contribution in [-0.4, -0.2) is 6.54 Å². The highest BCUT2D eigenvalue weighted by Gasteiger charge is 2.14. The monoisotopic (exact) mass is 148 g/mol. The molecule has 11 heavy (non-hydrogen) atoms. The molecule has 0 spiro atoms. The highest BCUT2D eigenvalue weighted by Crippen LogP contribution is 2.18. The summed E-state index contributed by atoms with van der Waals surface area (Å²) >= 11 is 0. The molecule has 0 radical (unpaired) electrons. The first-order valence-electron chi connectivity index (χ1n) is 3.92. The van der Waals surface area contributed by atoms with Crippen LogP contribution in [0, 0.1) is 0 Å². The Kier molecular flexibility index (Phi) is 1.64. The van der Waals surface area contributed by atoms with Gasteiger partial charge in [-0.2, -0.15) is 0 Å². The van der Waals surface area contributed by atoms with Gasteiger partial charge in [0.15, 0.2) is 0 Å². The molecule has 1 heterocycles. The SMILES string of the molecule is N[C@@H]1CNCc2ccccc21. The summed E-state index contributed by atoms with van der Waals surface area (Å²) in [4.78, 5) is 0. The Hall–Kier alpha value is -0.860. The standard InChI is InChI=1S/C9H12N2/c10-9-6-11-5-7-3-1-2-4-8(7)9/h1-4,9,11H,5-6,10H2/t9-/m1/s1. The van der Waals surface area contributed by atoms with Crippen LogP contribution in [0.2, 0.25) is 0 Å². The molecule has 2 nitrogen and oxygen atoms in total. The van der Waals surface area contributed by atoms with Crippen LogP contribution >= 0.6 is 0 Å². The van der Waals surface area contributed by atoms with Crippen LogP contribution in [0.1, 0.15) is 17.2 Å². The van der Waals surface area contributed by atoms with Gasteiger partial charge < -0.3 is 11.1 Å². The van der Waals surface area contributed by atoms with Gasteiger partial charge in [0.2, 0.25) is 0 Å². The van der Waals surface area contributed by atoms with E-state index in [2.05, 4.69) is 23.5 Å². The van der Waals surface area contributed by atoms with Crippen LogP contribution in [-0.2, 0) is 6.54 Å². The maximum atomic E-state index is 5.88. The van der Waals surface area contributed by atoms with Crippen molar-refractivity contribution >= 4 is 0 Å². The lowest BCUT2D eigenvalue weighted by molar-refractivity contribution is 0.555. The van der Waals surface area contributed by atoms with Crippen molar-refractivity contribution in [1.82, 2.24) is 5.32 Å². The van der Waals surface area contributed by atoms with Crippen LogP contribution in [0.15, 0.2) is 24.3 Å². The lowest BCUT2D eigenvalue weighted by atomic mass is 9.98. The molecule has 1 aromatic carbocycles. The molecule has 1 atom stereocenters. The number of fused-ring (bicyclic) bond motifs is 1. The zero-order valence-corrected chi connectivity index (χ0v) is 6.38. The minimum Gasteiger partial charge on any atom is -0.323 e. The summed E-state index contributed by atoms with van der Waals surface area (Å²) < 4.78 is 0. The summed E-state index contributed by atoms with van der Waals surface area (Å²) in [5.41, 5.74) is 8.52. The molecular weight excluding hydrogens is 136 g/mol. The second-order valence-electron chi connectivity index (χ2n) is 2.94. The van der Waals surface area contributed by atoms with Gasteiger partial charge in [0.05, 0.1) is 0 Å². The first kappa shape index (κ1) is 6.83. The van der Waals surface area contributed by atoms with Gasteiger partial charge in [0.1, 0.15) is 0 Å². The fourth-order valence-electron chi connectivity index (χ4n) is 1.53. The molecule has 1 aliphatic rings. The molecule has 58 valence electrons. The van der Waals surface area contributed by atoms with Crippen molar-refractivity contribution in [2.24, 2.45) is 5.73 Å². The summed E-state index contributed by atoms with van der Waals surface area (Å²) in [6.45, 7) is 1.86. The van der Waals surface area contributed by atoms with E-state index in [1.807, 2.05) is 6.07 Å². The van der Waals surface area contributed by atoms with Gasteiger partial charge in [-0.3, -0.25) is 0 Å². The van der Waals surface area contributed by atoms with Crippen molar-refractivity contribution < 1.29 is 0 Å². The second kappa shape index (κ2) is 2.64. The molecule has 3 N–H and O–H groups in total. The second-order valence-corrected chi connectivity index (χ2v) is 2.94. The molecular formula is C9H12N2. The van der Waals surface area contributed by atoms with Gasteiger partial charge in [-0.05, 0) is 11.1 Å². The fourth-order valence-corrected chi connectivity index (χ4v) is 1.53. The highest BCUT2D eigenvalue weighted by atomic mass is 14.9. The van der Waals surface area contributed by atoms with Crippen molar-refractivity contribution in [3.05, 3.63) is 35.4 Å². The first-order chi connectivity index (χ1) is 5.38. The molecule has 0 saturated heterocycles. The fraction of sp³-hybridized carbons (Fsp3) is 0.333. The molecule has 1 aromatic rings. The molecule has 0 bridgehead atoms. The van der Waals surface area contributed by atoms with E-state index in [1.165, 1.54) is 11.1 Å². The largest absolute Gasteiger partial charge is 0.323 e. The third kappa shape index (κ3) is 1.15. The van der Waals surface area contributed by atoms with E-state index in [1.54, 1.807) is 0 Å². The number of benzene rings is 1. The summed E-state index contributed by atoms with van der Waals surface area (Å²) in [5, 5.41) is 3.27. The van der Waals surface area contributed by atoms with Gasteiger partial charge in [0.25, 0.3) is 0 Å². The topological polar surface area (TPSA) is 38.0 Å². The van der Waals surface area contributed by atoms with Crippen LogP contribution in [0.25, 0.3) is 0 Å². The average Bonchev–Trinajstić information content (AvgIpc) is 2.06. The van der Waals surface area contributed by atoms with Crippen molar-refractivity contribution in [2.45, 2.75) is 12.6 Å². The quantitative estimate of drug-likeness (QED) is 0.571. The Morgan fingerprint density at radius 1 is 1.36 bits per heavy atom. The molecule has 2 heteroatoms. The Morgan fingerprint density at radius 2 is 2.18 bits per heavy atom. The Labute approximate surface area is 66.4 Å². The van der Waals surface area contributed by atoms with E-state index in [0.29, 0.717) is 0 Å². The van der Waals surface area contributed by atoms with Crippen molar-refractivity contribution in [3.63, 3.8) is 0 Å². The van der Waals surface area contributed by atoms with Gasteiger partial charge in [0, 0.05) is 19.1 Å². The third-order valence-electron chi connectivity index (χ3n) is 2.13. The van der Waals surface area contributed by atoms with E-state index in [9.17, 15) is 0 Å². The Bertz CT molecular complexity index is 257. The number of nitrogens with one attached hydrogen (secondary N) is 1. The smallest absolute Gasteiger partial charge is 0.0425 e. The number of rotatable bonds is 0. The van der Waals surface area contributed by atoms with Gasteiger partial charge >= 0.3 is 0 Å². The van der Waals surface area contributed by atoms with E-state index in [-0.39, 0.29) is 6.04 Å². The summed E-state index contributed by atoms with van der Waals surface area (Å²) in [6.07, 6.45) is 0. The Morgan fingerprint density at radius 3 is 3.00 bits per heavy atom. The van der Waals surface area contributed by atoms with Crippen LogP contribution < -0.4 is 11.1 Å². The number of hydrogen-bond acceptors (Lipinski definition) is 2. The molecule has 0 unspecified atom stereocenters. The number of hydrogen-bond donors (Lipinski definition) is 2. The molecule has 0 fully saturated rings. The van der Waals surface area contributed by atoms with E-state index < -0.39 is 0 Å². The number of nitrogens with two attached hydrogens (primary N) is 1. The van der Waals surface area contributed by atoms with Crippen molar-refractivity contribution in [2.75, 3.05) is 6.54 Å². The lowest BCUT2D eigenvalue weighted by Crippen LogP contribution is -2.32. The highest BCUT2D eigenvalue weighted by molar-refractivity contribution is 5.31. The van der Waals surface area contributed by atoms with Gasteiger partial charge in [-0.15, -0.1) is 0 Å².